The number of carbonyl (C=O) groups excluding carboxylic acids is 1. The molecule has 0 heterocycles. The van der Waals surface area contributed by atoms with Gasteiger partial charge < -0.3 is 5.32 Å². The van der Waals surface area contributed by atoms with Crippen LogP contribution in [0.3, 0.4) is 0 Å². The second kappa shape index (κ2) is 14.5. The summed E-state index contributed by atoms with van der Waals surface area (Å²) in [4.78, 5) is 12.0. The molecule has 35 heavy (non-hydrogen) atoms. The normalized spacial score (nSPS) is 11.4. The number of benzene rings is 4. The molecule has 0 saturated heterocycles. The van der Waals surface area contributed by atoms with Gasteiger partial charge in [0.1, 0.15) is 16.8 Å². The fourth-order valence-corrected chi connectivity index (χ4v) is 9.03. The molecule has 1 atom stereocenters. The molecule has 178 valence electrons. The van der Waals surface area contributed by atoms with Crippen molar-refractivity contribution in [1.82, 2.24) is 5.32 Å². The maximum Gasteiger partial charge on any atom is 0.147 e. The standard InChI is InChI=1S/C29H26ClNOP2.Ru/c30-29(34(26-17-9-3-10-18-26)27-19-11-4-12-20-27)28(23-32)31-21-22-33(24-13-5-1-6-14-24)25-15-7-2-8-16-25;/h1-20,29,31H,21-22H2;. The van der Waals surface area contributed by atoms with Gasteiger partial charge in [-0.15, -0.1) is 11.6 Å². The summed E-state index contributed by atoms with van der Waals surface area (Å²) in [6, 6.07) is 41.5. The molecule has 0 spiro atoms. The van der Waals surface area contributed by atoms with Crippen LogP contribution in [0.5, 0.6) is 0 Å². The summed E-state index contributed by atoms with van der Waals surface area (Å²) in [6.07, 6.45) is 0.896. The molecule has 0 bridgehead atoms. The first-order valence-corrected chi connectivity index (χ1v) is 14.6. The molecule has 0 radical (unpaired) electrons. The summed E-state index contributed by atoms with van der Waals surface area (Å²) in [5, 5.41) is 7.77. The summed E-state index contributed by atoms with van der Waals surface area (Å²) >= 11 is 7.00. The van der Waals surface area contributed by atoms with Crippen LogP contribution in [0, 0.1) is 0 Å². The van der Waals surface area contributed by atoms with Gasteiger partial charge in [0.05, 0.1) is 0 Å². The first-order valence-electron chi connectivity index (χ1n) is 11.2. The SMILES string of the molecule is O=C=C(NCCP(c1ccccc1)c1ccccc1)C(Cl)P(c1ccccc1)c1ccccc1.[Ru]. The van der Waals surface area contributed by atoms with Gasteiger partial charge in [0, 0.05) is 26.0 Å². The molecular weight excluding hydrogens is 577 g/mol. The molecular formula is C29H26ClNOP2Ru. The van der Waals surface area contributed by atoms with Crippen molar-refractivity contribution < 1.29 is 24.3 Å². The molecule has 0 amide bonds. The van der Waals surface area contributed by atoms with E-state index in [1.165, 1.54) is 10.6 Å². The molecule has 1 N–H and O–H groups in total. The van der Waals surface area contributed by atoms with Crippen LogP contribution < -0.4 is 26.5 Å². The zero-order valence-electron chi connectivity index (χ0n) is 19.1. The van der Waals surface area contributed by atoms with E-state index in [9.17, 15) is 4.79 Å². The number of allylic oxidation sites excluding steroid dienone is 1. The number of halogens is 1. The third-order valence-electron chi connectivity index (χ3n) is 5.43. The molecule has 4 aromatic rings. The van der Waals surface area contributed by atoms with Crippen LogP contribution >= 0.6 is 27.4 Å². The van der Waals surface area contributed by atoms with Crippen molar-refractivity contribution in [3.8, 4) is 0 Å². The van der Waals surface area contributed by atoms with E-state index in [1.54, 1.807) is 0 Å². The molecule has 0 saturated carbocycles. The Balaban J connectivity index is 0.00000342. The van der Waals surface area contributed by atoms with Crippen LogP contribution in [-0.4, -0.2) is 23.8 Å². The van der Waals surface area contributed by atoms with E-state index >= 15 is 0 Å². The molecule has 0 aliphatic rings. The van der Waals surface area contributed by atoms with Crippen molar-refractivity contribution in [3.63, 3.8) is 0 Å². The third-order valence-corrected chi connectivity index (χ3v) is 11.2. The topological polar surface area (TPSA) is 29.1 Å². The predicted octanol–water partition coefficient (Wildman–Crippen LogP) is 5.12. The Morgan fingerprint density at radius 2 is 1.06 bits per heavy atom. The number of rotatable bonds is 10. The summed E-state index contributed by atoms with van der Waals surface area (Å²) in [5.41, 5.74) is 0.427. The van der Waals surface area contributed by atoms with Crippen molar-refractivity contribution in [2.24, 2.45) is 0 Å². The van der Waals surface area contributed by atoms with Crippen LogP contribution in [0.2, 0.25) is 0 Å². The summed E-state index contributed by atoms with van der Waals surface area (Å²) in [7, 11) is -1.52. The van der Waals surface area contributed by atoms with E-state index in [2.05, 4.69) is 84.1 Å². The molecule has 6 heteroatoms. The van der Waals surface area contributed by atoms with Gasteiger partial charge >= 0.3 is 0 Å². The first kappa shape index (κ1) is 27.5. The summed E-state index contributed by atoms with van der Waals surface area (Å²) < 4.78 is 0. The number of hydrogen-bond acceptors (Lipinski definition) is 2. The molecule has 4 aromatic carbocycles. The van der Waals surface area contributed by atoms with Crippen LogP contribution in [0.15, 0.2) is 127 Å². The first-order chi connectivity index (χ1) is 16.8. The van der Waals surface area contributed by atoms with E-state index in [4.69, 9.17) is 11.6 Å². The Kier molecular flexibility index (Phi) is 11.4. The van der Waals surface area contributed by atoms with Gasteiger partial charge in [-0.1, -0.05) is 121 Å². The van der Waals surface area contributed by atoms with Crippen LogP contribution in [0.25, 0.3) is 0 Å². The minimum atomic E-state index is -0.968. The number of nitrogens with one attached hydrogen (secondary N) is 1. The van der Waals surface area contributed by atoms with E-state index in [-0.39, 0.29) is 19.5 Å². The van der Waals surface area contributed by atoms with E-state index in [1.807, 2.05) is 48.5 Å². The zero-order valence-corrected chi connectivity index (χ0v) is 23.4. The van der Waals surface area contributed by atoms with Crippen molar-refractivity contribution >= 4 is 54.6 Å². The maximum absolute atomic E-state index is 12.0. The zero-order chi connectivity index (χ0) is 23.6. The molecule has 4 rings (SSSR count). The smallest absolute Gasteiger partial charge is 0.147 e. The monoisotopic (exact) mass is 603 g/mol. The second-order valence-corrected chi connectivity index (χ2v) is 13.0. The van der Waals surface area contributed by atoms with Gasteiger partial charge in [0.15, 0.2) is 0 Å². The van der Waals surface area contributed by atoms with Crippen molar-refractivity contribution in [3.05, 3.63) is 127 Å². The third kappa shape index (κ3) is 7.44. The van der Waals surface area contributed by atoms with E-state index < -0.39 is 21.0 Å². The minimum Gasteiger partial charge on any atom is -0.378 e. The van der Waals surface area contributed by atoms with Crippen LogP contribution in [0.4, 0.5) is 0 Å². The summed E-state index contributed by atoms with van der Waals surface area (Å²) in [5.74, 6) is 2.12. The van der Waals surface area contributed by atoms with Gasteiger partial charge in [-0.25, -0.2) is 4.79 Å². The fraction of sp³-hybridized carbons (Fsp3) is 0.103. The maximum atomic E-state index is 12.0. The van der Waals surface area contributed by atoms with Crippen molar-refractivity contribution in [2.45, 2.75) is 5.12 Å². The Hall–Kier alpha value is -2.10. The number of alkyl halides is 1. The molecule has 0 aromatic heterocycles. The Morgan fingerprint density at radius 1 is 0.686 bits per heavy atom. The minimum absolute atomic E-state index is 0. The molecule has 2 nitrogen and oxygen atoms in total. The largest absolute Gasteiger partial charge is 0.378 e. The van der Waals surface area contributed by atoms with Gasteiger partial charge in [-0.2, -0.15) is 0 Å². The second-order valence-electron chi connectivity index (χ2n) is 7.64. The number of hydrogen-bond donors (Lipinski definition) is 1. The van der Waals surface area contributed by atoms with Crippen molar-refractivity contribution in [1.29, 1.82) is 0 Å². The predicted molar refractivity (Wildman–Crippen MR) is 150 cm³/mol. The average Bonchev–Trinajstić information content (AvgIpc) is 2.91. The van der Waals surface area contributed by atoms with Gasteiger partial charge in [0.25, 0.3) is 0 Å². The van der Waals surface area contributed by atoms with Crippen molar-refractivity contribution in [2.75, 3.05) is 12.7 Å². The molecule has 1 unspecified atom stereocenters. The molecule has 0 fully saturated rings. The van der Waals surface area contributed by atoms with E-state index in [0.717, 1.165) is 16.8 Å². The van der Waals surface area contributed by atoms with E-state index in [0.29, 0.717) is 12.2 Å². The average molecular weight is 603 g/mol. The summed E-state index contributed by atoms with van der Waals surface area (Å²) in [6.45, 7) is 0.649. The Morgan fingerprint density at radius 3 is 1.43 bits per heavy atom. The molecule has 0 aliphatic heterocycles. The van der Waals surface area contributed by atoms with Gasteiger partial charge in [-0.3, -0.25) is 0 Å². The Bertz CT molecular complexity index is 1130. The molecule has 0 aliphatic carbocycles. The van der Waals surface area contributed by atoms with Gasteiger partial charge in [-0.05, 0) is 43.2 Å². The van der Waals surface area contributed by atoms with Gasteiger partial charge in [0.2, 0.25) is 0 Å². The quantitative estimate of drug-likeness (QED) is 0.118. The van der Waals surface area contributed by atoms with Crippen LogP contribution in [0.1, 0.15) is 0 Å². The Labute approximate surface area is 228 Å². The van der Waals surface area contributed by atoms with Crippen LogP contribution in [-0.2, 0) is 24.3 Å². The fourth-order valence-electron chi connectivity index (χ4n) is 3.81.